The van der Waals surface area contributed by atoms with Gasteiger partial charge in [0.1, 0.15) is 5.82 Å². The largest absolute Gasteiger partial charge is 0.509 e. The van der Waals surface area contributed by atoms with E-state index in [4.69, 9.17) is 22.1 Å². The van der Waals surface area contributed by atoms with Crippen LogP contribution in [0.2, 0.25) is 0 Å². The molecule has 0 unspecified atom stereocenters. The second-order valence-corrected chi connectivity index (χ2v) is 14.7. The van der Waals surface area contributed by atoms with Gasteiger partial charge in [-0.25, -0.2) is 4.98 Å². The first-order chi connectivity index (χ1) is 31.6. The van der Waals surface area contributed by atoms with E-state index in [2.05, 4.69) is 55.7 Å². The Morgan fingerprint density at radius 3 is 2.14 bits per heavy atom. The van der Waals surface area contributed by atoms with E-state index in [0.717, 1.165) is 33.2 Å². The van der Waals surface area contributed by atoms with Crippen molar-refractivity contribution < 1.29 is 38.1 Å². The fraction of sp³-hybridized carbons (Fsp3) is 0.0769. The second kappa shape index (κ2) is 15.2. The SMILES string of the molecule is [2H]c1cc(-c2cccc(-c3c([2H])c([2H])c([2H])c([2H])c3[2H])c2N2[CH-]N(c3[c-]c(Oc4[c-]c5c(cc4)c4ccccc4n5-c4cc(C(C)(C)C)ccn4)ccc3)c3ccccc32)c([2H])c([2H])c1[2H].[Pt]. The van der Waals surface area contributed by atoms with Crippen LogP contribution in [0.5, 0.6) is 11.5 Å². The molecule has 5 nitrogen and oxygen atoms in total. The predicted octanol–water partition coefficient (Wildman–Crippen LogP) is 13.6. The molecule has 286 valence electrons. The quantitative estimate of drug-likeness (QED) is 0.149. The van der Waals surface area contributed by atoms with Crippen LogP contribution in [0, 0.1) is 18.8 Å². The molecule has 0 fully saturated rings. The van der Waals surface area contributed by atoms with Crippen molar-refractivity contribution in [3.05, 3.63) is 200 Å². The van der Waals surface area contributed by atoms with Crippen molar-refractivity contribution in [1.82, 2.24) is 9.55 Å². The minimum atomic E-state index is -0.534. The molecule has 10 rings (SSSR count). The molecule has 7 aromatic carbocycles. The minimum absolute atomic E-state index is 0. The summed E-state index contributed by atoms with van der Waals surface area (Å²) in [6, 6.07) is 38.9. The summed E-state index contributed by atoms with van der Waals surface area (Å²) < 4.78 is 86.3. The Hall–Kier alpha value is -6.42. The van der Waals surface area contributed by atoms with Crippen LogP contribution >= 0.6 is 0 Å². The van der Waals surface area contributed by atoms with Gasteiger partial charge in [-0.05, 0) is 57.8 Å². The molecular weight excluding hydrogens is 892 g/mol. The Bertz CT molecular complexity index is 3430. The van der Waals surface area contributed by atoms with Gasteiger partial charge in [0, 0.05) is 72.5 Å². The predicted molar refractivity (Wildman–Crippen MR) is 234 cm³/mol. The van der Waals surface area contributed by atoms with Crippen LogP contribution in [0.25, 0.3) is 49.9 Å². The van der Waals surface area contributed by atoms with Crippen molar-refractivity contribution in [3.8, 4) is 39.6 Å². The van der Waals surface area contributed by atoms with E-state index < -0.39 is 42.3 Å². The first-order valence-electron chi connectivity index (χ1n) is 23.1. The van der Waals surface area contributed by atoms with E-state index in [1.807, 2.05) is 82.7 Å². The van der Waals surface area contributed by atoms with Crippen molar-refractivity contribution >= 4 is 44.6 Å². The number of para-hydroxylation sites is 4. The molecule has 9 aromatic rings. The summed E-state index contributed by atoms with van der Waals surface area (Å²) >= 11 is 0. The average Bonchev–Trinajstić information content (AvgIpc) is 3.86. The molecule has 0 saturated heterocycles. The van der Waals surface area contributed by atoms with E-state index in [1.54, 1.807) is 30.9 Å². The number of hydrogen-bond acceptors (Lipinski definition) is 4. The van der Waals surface area contributed by atoms with Gasteiger partial charge in [-0.2, -0.15) is 12.1 Å². The maximum atomic E-state index is 8.99. The molecule has 0 saturated carbocycles. The molecule has 58 heavy (non-hydrogen) atoms. The smallest absolute Gasteiger partial charge is 0.135 e. The Balaban J connectivity index is 0.00000562. The third kappa shape index (κ3) is 6.66. The summed E-state index contributed by atoms with van der Waals surface area (Å²) in [5.41, 5.74) is 5.86. The molecule has 0 amide bonds. The van der Waals surface area contributed by atoms with Crippen LogP contribution in [0.4, 0.5) is 22.7 Å². The Morgan fingerprint density at radius 1 is 0.638 bits per heavy atom. The molecule has 0 radical (unpaired) electrons. The van der Waals surface area contributed by atoms with Gasteiger partial charge in [0.2, 0.25) is 0 Å². The molecule has 0 spiro atoms. The van der Waals surface area contributed by atoms with Crippen molar-refractivity contribution in [2.45, 2.75) is 26.2 Å². The van der Waals surface area contributed by atoms with Crippen LogP contribution in [-0.2, 0) is 26.5 Å². The third-order valence-electron chi connectivity index (χ3n) is 10.1. The fourth-order valence-electron chi connectivity index (χ4n) is 7.45. The first kappa shape index (κ1) is 28.1. The van der Waals surface area contributed by atoms with Gasteiger partial charge in [0.25, 0.3) is 0 Å². The van der Waals surface area contributed by atoms with Gasteiger partial charge in [-0.15, -0.1) is 48.1 Å². The molecule has 0 atom stereocenters. The molecule has 0 bridgehead atoms. The Kier molecular flexibility index (Phi) is 7.33. The first-order valence-corrected chi connectivity index (χ1v) is 18.6. The number of aromatic nitrogens is 2. The minimum Gasteiger partial charge on any atom is -0.509 e. The molecule has 2 aromatic heterocycles. The molecule has 0 aliphatic carbocycles. The summed E-state index contributed by atoms with van der Waals surface area (Å²) in [4.78, 5) is 8.50. The van der Waals surface area contributed by atoms with E-state index in [1.165, 1.54) is 6.07 Å². The number of rotatable bonds is 7. The topological polar surface area (TPSA) is 33.5 Å². The van der Waals surface area contributed by atoms with Crippen LogP contribution in [0.1, 0.15) is 38.7 Å². The molecule has 3 heterocycles. The van der Waals surface area contributed by atoms with Gasteiger partial charge in [-0.1, -0.05) is 135 Å². The van der Waals surface area contributed by atoms with Gasteiger partial charge in [0.05, 0.1) is 12.3 Å². The molecular formula is C52H39N4OPt-3. The summed E-state index contributed by atoms with van der Waals surface area (Å²) in [7, 11) is 0. The average molecular weight is 940 g/mol. The van der Waals surface area contributed by atoms with Crippen LogP contribution < -0.4 is 14.5 Å². The Labute approximate surface area is 366 Å². The standard InChI is InChI=1S/C52H39N4O.Pt/c1-52(2,3)38-30-31-53-50(32-38)56-46-25-11-10-22-44(46)45-29-28-41(34-49(45)56)57-40-21-14-20-39(33-40)54-35-55(48-27-13-12-26-47(48)54)51-42(36-16-6-4-7-17-36)23-15-24-43(51)37-18-8-5-9-19-37;/h4-32,35H,1-3H3;/q-3;/i4D,5D,6D,7D,8D,9D,16D,17D,18D;. The number of pyridine rings is 1. The number of anilines is 4. The van der Waals surface area contributed by atoms with Crippen LogP contribution in [0.3, 0.4) is 0 Å². The van der Waals surface area contributed by atoms with E-state index in [9.17, 15) is 0 Å². The van der Waals surface area contributed by atoms with Gasteiger partial charge in [-0.3, -0.25) is 0 Å². The van der Waals surface area contributed by atoms with E-state index in [0.29, 0.717) is 39.8 Å². The third-order valence-corrected chi connectivity index (χ3v) is 10.1. The zero-order chi connectivity index (χ0) is 46.3. The fourth-order valence-corrected chi connectivity index (χ4v) is 7.45. The van der Waals surface area contributed by atoms with Gasteiger partial charge < -0.3 is 19.1 Å². The molecule has 6 heteroatoms. The molecule has 1 aliphatic rings. The van der Waals surface area contributed by atoms with Crippen molar-refractivity contribution in [2.75, 3.05) is 9.80 Å². The van der Waals surface area contributed by atoms with Gasteiger partial charge in [0.15, 0.2) is 0 Å². The maximum Gasteiger partial charge on any atom is 0.135 e. The zero-order valence-corrected chi connectivity index (χ0v) is 33.9. The van der Waals surface area contributed by atoms with E-state index >= 15 is 0 Å². The number of hydrogen-bond donors (Lipinski definition) is 0. The Morgan fingerprint density at radius 2 is 1.33 bits per heavy atom. The summed E-state index contributed by atoms with van der Waals surface area (Å²) in [6.07, 6.45) is 1.84. The number of benzene rings is 7. The molecule has 0 N–H and O–H groups in total. The molecule has 1 aliphatic heterocycles. The van der Waals surface area contributed by atoms with Crippen molar-refractivity contribution in [2.24, 2.45) is 0 Å². The van der Waals surface area contributed by atoms with Crippen LogP contribution in [-0.4, -0.2) is 9.55 Å². The number of nitrogens with zero attached hydrogens (tertiary/aromatic N) is 4. The summed E-state index contributed by atoms with van der Waals surface area (Å²) in [6.45, 7) is 8.32. The van der Waals surface area contributed by atoms with Gasteiger partial charge >= 0.3 is 0 Å². The number of ether oxygens (including phenoxy) is 1. The summed E-state index contributed by atoms with van der Waals surface area (Å²) in [5, 5.41) is 2.06. The van der Waals surface area contributed by atoms with E-state index in [-0.39, 0.29) is 55.3 Å². The monoisotopic (exact) mass is 939 g/mol. The zero-order valence-electron chi connectivity index (χ0n) is 40.6. The maximum absolute atomic E-state index is 8.99. The van der Waals surface area contributed by atoms with Crippen molar-refractivity contribution in [1.29, 1.82) is 0 Å². The normalized spacial score (nSPS) is 14.6. The summed E-state index contributed by atoms with van der Waals surface area (Å²) in [5.74, 6) is 1.64. The second-order valence-electron chi connectivity index (χ2n) is 14.7. The van der Waals surface area contributed by atoms with Crippen LogP contribution in [0.15, 0.2) is 176 Å². The van der Waals surface area contributed by atoms with Crippen molar-refractivity contribution in [3.63, 3.8) is 0 Å². The number of fused-ring (bicyclic) bond motifs is 4.